The number of nitrogens with one attached hydrogen (secondary N) is 1. The molecule has 4 rings (SSSR count). The minimum Gasteiger partial charge on any atom is -0.340 e. The third kappa shape index (κ3) is 4.17. The van der Waals surface area contributed by atoms with Gasteiger partial charge in [0.15, 0.2) is 0 Å². The zero-order chi connectivity index (χ0) is 16.7. The average Bonchev–Trinajstić information content (AvgIpc) is 3.20. The number of hydrogen-bond donors (Lipinski definition) is 2. The van der Waals surface area contributed by atoms with Crippen molar-refractivity contribution in [2.75, 3.05) is 6.54 Å². The SMILES string of the molecule is Cl.Cl.N[C@@H]1CC[C@H](C(=O)N2CCc3nc(-c4ccc(Cl)cc4)[nH]c3C2)C1. The second-order valence-electron chi connectivity index (χ2n) is 6.80. The van der Waals surface area contributed by atoms with Crippen LogP contribution < -0.4 is 5.73 Å². The summed E-state index contributed by atoms with van der Waals surface area (Å²) in [5.74, 6) is 1.19. The molecule has 1 saturated carbocycles. The van der Waals surface area contributed by atoms with Gasteiger partial charge in [-0.1, -0.05) is 11.6 Å². The second kappa shape index (κ2) is 8.61. The molecule has 2 aliphatic rings. The topological polar surface area (TPSA) is 75.0 Å². The van der Waals surface area contributed by atoms with E-state index in [1.807, 2.05) is 29.2 Å². The van der Waals surface area contributed by atoms with Crippen molar-refractivity contribution in [2.45, 2.75) is 38.3 Å². The molecule has 142 valence electrons. The molecule has 0 saturated heterocycles. The Labute approximate surface area is 170 Å². The smallest absolute Gasteiger partial charge is 0.226 e. The summed E-state index contributed by atoms with van der Waals surface area (Å²) in [6.07, 6.45) is 3.49. The molecular formula is C18H23Cl3N4O. The van der Waals surface area contributed by atoms with Crippen molar-refractivity contribution in [3.8, 4) is 11.4 Å². The van der Waals surface area contributed by atoms with Crippen LogP contribution in [-0.2, 0) is 17.8 Å². The molecule has 1 fully saturated rings. The van der Waals surface area contributed by atoms with Crippen molar-refractivity contribution in [2.24, 2.45) is 11.7 Å². The van der Waals surface area contributed by atoms with Crippen LogP contribution in [0.5, 0.6) is 0 Å². The summed E-state index contributed by atoms with van der Waals surface area (Å²) in [7, 11) is 0. The first-order valence-electron chi connectivity index (χ1n) is 8.48. The normalized spacial score (nSPS) is 21.5. The van der Waals surface area contributed by atoms with Gasteiger partial charge in [-0.2, -0.15) is 0 Å². The highest BCUT2D eigenvalue weighted by Gasteiger charge is 2.33. The maximum atomic E-state index is 12.7. The summed E-state index contributed by atoms with van der Waals surface area (Å²) >= 11 is 5.94. The number of nitrogens with two attached hydrogens (primary N) is 1. The zero-order valence-corrected chi connectivity index (χ0v) is 16.7. The standard InChI is InChI=1S/C18H21ClN4O.2ClH/c19-13-4-1-11(2-5-13)17-21-15-7-8-23(10-16(15)22-17)18(24)12-3-6-14(20)9-12;;/h1-2,4-5,12,14H,3,6-10,20H2,(H,21,22);2*1H/t12-,14+;;/m0../s1. The van der Waals surface area contributed by atoms with Crippen LogP contribution in [0.1, 0.15) is 30.7 Å². The van der Waals surface area contributed by atoms with E-state index in [1.165, 1.54) is 0 Å². The molecule has 1 aliphatic carbocycles. The fraction of sp³-hybridized carbons (Fsp3) is 0.444. The summed E-state index contributed by atoms with van der Waals surface area (Å²) in [5.41, 5.74) is 9.06. The van der Waals surface area contributed by atoms with Gasteiger partial charge in [-0.25, -0.2) is 4.98 Å². The molecule has 2 aromatic rings. The minimum absolute atomic E-state index is 0. The predicted molar refractivity (Wildman–Crippen MR) is 108 cm³/mol. The average molecular weight is 418 g/mol. The number of H-pyrrole nitrogens is 1. The maximum absolute atomic E-state index is 12.7. The Balaban J connectivity index is 0.00000121. The van der Waals surface area contributed by atoms with E-state index in [1.54, 1.807) is 0 Å². The number of imidazole rings is 1. The molecule has 0 radical (unpaired) electrons. The number of amides is 1. The van der Waals surface area contributed by atoms with E-state index in [-0.39, 0.29) is 42.7 Å². The molecule has 1 amide bonds. The fourth-order valence-corrected chi connectivity index (χ4v) is 3.85. The Hall–Kier alpha value is -1.27. The first-order valence-corrected chi connectivity index (χ1v) is 8.86. The summed E-state index contributed by atoms with van der Waals surface area (Å²) in [5, 5.41) is 0.710. The van der Waals surface area contributed by atoms with E-state index in [0.29, 0.717) is 11.6 Å². The van der Waals surface area contributed by atoms with Crippen molar-refractivity contribution >= 4 is 42.3 Å². The van der Waals surface area contributed by atoms with Crippen molar-refractivity contribution in [1.29, 1.82) is 0 Å². The number of aromatic amines is 1. The van der Waals surface area contributed by atoms with Gasteiger partial charge in [0.1, 0.15) is 5.82 Å². The number of aromatic nitrogens is 2. The molecule has 1 aromatic carbocycles. The quantitative estimate of drug-likeness (QED) is 0.784. The molecule has 5 nitrogen and oxygen atoms in total. The molecule has 1 aliphatic heterocycles. The van der Waals surface area contributed by atoms with Gasteiger partial charge >= 0.3 is 0 Å². The van der Waals surface area contributed by atoms with E-state index in [0.717, 1.165) is 55.0 Å². The molecule has 8 heteroatoms. The van der Waals surface area contributed by atoms with Crippen molar-refractivity contribution < 1.29 is 4.79 Å². The van der Waals surface area contributed by atoms with E-state index < -0.39 is 0 Å². The first kappa shape index (κ1) is 21.0. The highest BCUT2D eigenvalue weighted by molar-refractivity contribution is 6.30. The van der Waals surface area contributed by atoms with E-state index in [9.17, 15) is 4.79 Å². The lowest BCUT2D eigenvalue weighted by molar-refractivity contribution is -0.136. The molecule has 0 bridgehead atoms. The molecule has 0 spiro atoms. The number of nitrogens with zero attached hydrogens (tertiary/aromatic N) is 2. The molecule has 26 heavy (non-hydrogen) atoms. The third-order valence-corrected chi connectivity index (χ3v) is 5.34. The van der Waals surface area contributed by atoms with Gasteiger partial charge in [-0.15, -0.1) is 24.8 Å². The van der Waals surface area contributed by atoms with E-state index >= 15 is 0 Å². The van der Waals surface area contributed by atoms with Crippen LogP contribution in [0.3, 0.4) is 0 Å². The van der Waals surface area contributed by atoms with Crippen LogP contribution in [0.15, 0.2) is 24.3 Å². The lowest BCUT2D eigenvalue weighted by atomic mass is 10.0. The molecule has 3 N–H and O–H groups in total. The first-order chi connectivity index (χ1) is 11.6. The molecular weight excluding hydrogens is 395 g/mol. The lowest BCUT2D eigenvalue weighted by Gasteiger charge is -2.28. The number of halogens is 3. The lowest BCUT2D eigenvalue weighted by Crippen LogP contribution is -2.39. The Kier molecular flexibility index (Phi) is 6.97. The predicted octanol–water partition coefficient (Wildman–Crippen LogP) is 3.59. The van der Waals surface area contributed by atoms with E-state index in [2.05, 4.69) is 4.98 Å². The van der Waals surface area contributed by atoms with Crippen molar-refractivity contribution in [1.82, 2.24) is 14.9 Å². The summed E-state index contributed by atoms with van der Waals surface area (Å²) < 4.78 is 0. The second-order valence-corrected chi connectivity index (χ2v) is 7.23. The third-order valence-electron chi connectivity index (χ3n) is 5.08. The Morgan fingerprint density at radius 3 is 2.62 bits per heavy atom. The van der Waals surface area contributed by atoms with Gasteiger partial charge in [-0.05, 0) is 43.5 Å². The monoisotopic (exact) mass is 416 g/mol. The van der Waals surface area contributed by atoms with Gasteiger partial charge in [-0.3, -0.25) is 4.79 Å². The largest absolute Gasteiger partial charge is 0.340 e. The van der Waals surface area contributed by atoms with Crippen LogP contribution >= 0.6 is 36.4 Å². The molecule has 0 unspecified atom stereocenters. The van der Waals surface area contributed by atoms with Gasteiger partial charge in [0.25, 0.3) is 0 Å². The molecule has 1 aromatic heterocycles. The Morgan fingerprint density at radius 1 is 1.23 bits per heavy atom. The van der Waals surface area contributed by atoms with Gasteiger partial charge in [0.05, 0.1) is 17.9 Å². The van der Waals surface area contributed by atoms with Gasteiger partial charge < -0.3 is 15.6 Å². The maximum Gasteiger partial charge on any atom is 0.226 e. The Bertz CT molecular complexity index is 762. The summed E-state index contributed by atoms with van der Waals surface area (Å²) in [4.78, 5) is 22.7. The highest BCUT2D eigenvalue weighted by atomic mass is 35.5. The number of fused-ring (bicyclic) bond motifs is 1. The summed E-state index contributed by atoms with van der Waals surface area (Å²) in [6.45, 7) is 1.35. The van der Waals surface area contributed by atoms with Gasteiger partial charge in [0, 0.05) is 35.5 Å². The highest BCUT2D eigenvalue weighted by Crippen LogP contribution is 2.29. The zero-order valence-electron chi connectivity index (χ0n) is 14.3. The van der Waals surface area contributed by atoms with Crippen LogP contribution in [0.4, 0.5) is 0 Å². The van der Waals surface area contributed by atoms with Crippen LogP contribution in [0.2, 0.25) is 5.02 Å². The van der Waals surface area contributed by atoms with Crippen LogP contribution in [0.25, 0.3) is 11.4 Å². The molecule has 2 atom stereocenters. The number of carbonyl (C=O) groups excluding carboxylic acids is 1. The number of carbonyl (C=O) groups is 1. The number of rotatable bonds is 2. The van der Waals surface area contributed by atoms with Crippen molar-refractivity contribution in [3.05, 3.63) is 40.7 Å². The van der Waals surface area contributed by atoms with E-state index in [4.69, 9.17) is 22.3 Å². The van der Waals surface area contributed by atoms with Gasteiger partial charge in [0.2, 0.25) is 5.91 Å². The number of hydrogen-bond acceptors (Lipinski definition) is 3. The summed E-state index contributed by atoms with van der Waals surface area (Å²) in [6, 6.07) is 7.81. The fourth-order valence-electron chi connectivity index (χ4n) is 3.73. The minimum atomic E-state index is 0. The molecule has 2 heterocycles. The van der Waals surface area contributed by atoms with Crippen LogP contribution in [-0.4, -0.2) is 33.4 Å². The van der Waals surface area contributed by atoms with Crippen molar-refractivity contribution in [3.63, 3.8) is 0 Å². The Morgan fingerprint density at radius 2 is 1.96 bits per heavy atom. The van der Waals surface area contributed by atoms with Crippen LogP contribution in [0, 0.1) is 5.92 Å². The number of benzene rings is 1.